The van der Waals surface area contributed by atoms with Crippen LogP contribution in [0.15, 0.2) is 0 Å². The van der Waals surface area contributed by atoms with Crippen molar-refractivity contribution in [3.63, 3.8) is 0 Å². The highest BCUT2D eigenvalue weighted by Crippen LogP contribution is 2.24. The van der Waals surface area contributed by atoms with E-state index in [4.69, 9.17) is 4.12 Å². The van der Waals surface area contributed by atoms with Gasteiger partial charge < -0.3 is 8.35 Å². The quantitative estimate of drug-likeness (QED) is 0.544. The van der Waals surface area contributed by atoms with E-state index in [1.807, 2.05) is 0 Å². The summed E-state index contributed by atoms with van der Waals surface area (Å²) in [5.41, 5.74) is 0. The predicted octanol–water partition coefficient (Wildman–Crippen LogP) is 5.40. The van der Waals surface area contributed by atoms with Gasteiger partial charge in [-0.3, -0.25) is 0 Å². The molecule has 6 heteroatoms. The molecular formula is C14H39NOSi4. The molecule has 0 aromatic rings. The Kier molecular flexibility index (Phi) is 7.18. The van der Waals surface area contributed by atoms with E-state index in [-0.39, 0.29) is 0 Å². The van der Waals surface area contributed by atoms with Crippen molar-refractivity contribution in [3.05, 3.63) is 0 Å². The third kappa shape index (κ3) is 8.94. The molecule has 0 aliphatic heterocycles. The second-order valence-corrected chi connectivity index (χ2v) is 28.8. The van der Waals surface area contributed by atoms with Crippen LogP contribution in [0.5, 0.6) is 0 Å². The molecule has 0 bridgehead atoms. The van der Waals surface area contributed by atoms with Crippen LogP contribution in [0.3, 0.4) is 0 Å². The zero-order valence-electron chi connectivity index (χ0n) is 16.0. The normalized spacial score (nSPS) is 15.0. The summed E-state index contributed by atoms with van der Waals surface area (Å²) >= 11 is 0. The van der Waals surface area contributed by atoms with Crippen LogP contribution >= 0.6 is 0 Å². The fraction of sp³-hybridized carbons (Fsp3) is 1.00. The molecule has 0 aliphatic rings. The fourth-order valence-corrected chi connectivity index (χ4v) is 21.0. The van der Waals surface area contributed by atoms with Gasteiger partial charge >= 0.3 is 0 Å². The van der Waals surface area contributed by atoms with E-state index in [0.717, 1.165) is 0 Å². The van der Waals surface area contributed by atoms with Gasteiger partial charge in [0.25, 0.3) is 0 Å². The van der Waals surface area contributed by atoms with Crippen LogP contribution in [0.25, 0.3) is 0 Å². The standard InChI is InChI=1S/C14H39NOSi4/c1-17(2,3)15(18(4,5)6)13-12-14-20(10,11)16-19(7,8)9/h12-14H2,1-11H3. The molecule has 0 aromatic carbocycles. The second kappa shape index (κ2) is 6.91. The van der Waals surface area contributed by atoms with Gasteiger partial charge in [-0.1, -0.05) is 39.3 Å². The Morgan fingerprint density at radius 1 is 0.700 bits per heavy atom. The fourth-order valence-electron chi connectivity index (χ4n) is 3.22. The summed E-state index contributed by atoms with van der Waals surface area (Å²) < 4.78 is 9.36. The van der Waals surface area contributed by atoms with Crippen molar-refractivity contribution in [1.29, 1.82) is 0 Å². The molecule has 0 radical (unpaired) electrons. The maximum Gasteiger partial charge on any atom is 0.173 e. The molecule has 20 heavy (non-hydrogen) atoms. The van der Waals surface area contributed by atoms with E-state index >= 15 is 0 Å². The van der Waals surface area contributed by atoms with Gasteiger partial charge in [0.05, 0.1) is 0 Å². The van der Waals surface area contributed by atoms with Crippen molar-refractivity contribution in [2.75, 3.05) is 6.54 Å². The lowest BCUT2D eigenvalue weighted by Gasteiger charge is -2.44. The summed E-state index contributed by atoms with van der Waals surface area (Å²) in [6.07, 6.45) is 1.32. The first-order chi connectivity index (χ1) is 8.55. The molecule has 0 N–H and O–H groups in total. The summed E-state index contributed by atoms with van der Waals surface area (Å²) in [6, 6.07) is 1.31. The molecule has 0 saturated heterocycles. The molecule has 0 heterocycles. The highest BCUT2D eigenvalue weighted by molar-refractivity contribution is 6.89. The number of hydrogen-bond acceptors (Lipinski definition) is 2. The number of rotatable bonds is 8. The SMILES string of the molecule is C[Si](C)(C)O[Si](C)(C)CCCN([Si](C)(C)C)[Si](C)(C)C. The van der Waals surface area contributed by atoms with Gasteiger partial charge in [-0.15, -0.1) is 0 Å². The summed E-state index contributed by atoms with van der Waals surface area (Å²) in [5, 5.41) is 0. The highest BCUT2D eigenvalue weighted by atomic mass is 28.4. The largest absolute Gasteiger partial charge is 0.456 e. The number of hydrogen-bond donors (Lipinski definition) is 0. The average molecular weight is 350 g/mol. The van der Waals surface area contributed by atoms with E-state index in [1.54, 1.807) is 0 Å². The molecule has 0 unspecified atom stereocenters. The molecule has 2 nitrogen and oxygen atoms in total. The topological polar surface area (TPSA) is 12.5 Å². The van der Waals surface area contributed by atoms with Crippen molar-refractivity contribution in [2.45, 2.75) is 84.5 Å². The second-order valence-electron chi connectivity index (χ2n) is 9.57. The Bertz CT molecular complexity index is 286. The van der Waals surface area contributed by atoms with Gasteiger partial charge in [-0.2, -0.15) is 0 Å². The lowest BCUT2D eigenvalue weighted by atomic mass is 10.5. The summed E-state index contributed by atoms with van der Waals surface area (Å²) in [5.74, 6) is 0. The van der Waals surface area contributed by atoms with Crippen LogP contribution in [0.4, 0.5) is 0 Å². The van der Waals surface area contributed by atoms with Gasteiger partial charge in [-0.05, 0) is 51.7 Å². The van der Waals surface area contributed by atoms with Crippen molar-refractivity contribution in [2.24, 2.45) is 0 Å². The smallest absolute Gasteiger partial charge is 0.173 e. The monoisotopic (exact) mass is 349 g/mol. The molecular weight excluding hydrogens is 311 g/mol. The van der Waals surface area contributed by atoms with E-state index in [1.165, 1.54) is 19.0 Å². The Labute approximate surface area is 132 Å². The van der Waals surface area contributed by atoms with E-state index in [9.17, 15) is 0 Å². The van der Waals surface area contributed by atoms with Crippen molar-refractivity contribution >= 4 is 33.1 Å². The minimum atomic E-state index is -1.46. The van der Waals surface area contributed by atoms with Crippen LogP contribution in [0.1, 0.15) is 6.42 Å². The first-order valence-corrected chi connectivity index (χ1v) is 21.4. The van der Waals surface area contributed by atoms with E-state index in [2.05, 4.69) is 76.2 Å². The molecule has 0 fully saturated rings. The molecule has 0 aromatic heterocycles. The van der Waals surface area contributed by atoms with Crippen LogP contribution in [-0.2, 0) is 4.12 Å². The Hall–Kier alpha value is 0.788. The molecule has 0 aliphatic carbocycles. The molecule has 0 atom stereocenters. The summed E-state index contributed by atoms with van der Waals surface area (Å²) in [6.45, 7) is 28.0. The van der Waals surface area contributed by atoms with Crippen LogP contribution in [0.2, 0.25) is 78.1 Å². The minimum absolute atomic E-state index is 1.19. The maximum atomic E-state index is 6.46. The number of nitrogens with zero attached hydrogens (tertiary/aromatic N) is 1. The molecule has 0 amide bonds. The Morgan fingerprint density at radius 2 is 1.10 bits per heavy atom. The predicted molar refractivity (Wildman–Crippen MR) is 105 cm³/mol. The van der Waals surface area contributed by atoms with Crippen LogP contribution in [0, 0.1) is 0 Å². The summed E-state index contributed by atoms with van der Waals surface area (Å²) in [4.78, 5) is 0. The van der Waals surface area contributed by atoms with Crippen molar-refractivity contribution < 1.29 is 4.12 Å². The molecule has 122 valence electrons. The van der Waals surface area contributed by atoms with Gasteiger partial charge in [0, 0.05) is 0 Å². The minimum Gasteiger partial charge on any atom is -0.456 e. The van der Waals surface area contributed by atoms with Gasteiger partial charge in [0.15, 0.2) is 16.6 Å². The molecule has 0 spiro atoms. The third-order valence-electron chi connectivity index (χ3n) is 3.36. The highest BCUT2D eigenvalue weighted by Gasteiger charge is 2.35. The van der Waals surface area contributed by atoms with Crippen molar-refractivity contribution in [1.82, 2.24) is 4.23 Å². The van der Waals surface area contributed by atoms with Crippen molar-refractivity contribution in [3.8, 4) is 0 Å². The Balaban J connectivity index is 4.53. The Morgan fingerprint density at radius 3 is 1.40 bits per heavy atom. The first-order valence-electron chi connectivity index (χ1n) is 8.03. The lowest BCUT2D eigenvalue weighted by Crippen LogP contribution is -2.59. The first kappa shape index (κ1) is 20.8. The molecule has 0 saturated carbocycles. The average Bonchev–Trinajstić information content (AvgIpc) is 2.03. The zero-order chi connectivity index (χ0) is 16.4. The zero-order valence-corrected chi connectivity index (χ0v) is 20.0. The van der Waals surface area contributed by atoms with E-state index < -0.39 is 33.1 Å². The maximum absolute atomic E-state index is 6.46. The molecule has 0 rings (SSSR count). The van der Waals surface area contributed by atoms with Gasteiger partial charge in [-0.25, -0.2) is 0 Å². The summed E-state index contributed by atoms with van der Waals surface area (Å²) in [7, 11) is -5.21. The van der Waals surface area contributed by atoms with Crippen LogP contribution in [-0.4, -0.2) is 43.9 Å². The third-order valence-corrected chi connectivity index (χ3v) is 17.3. The van der Waals surface area contributed by atoms with Gasteiger partial charge in [0.2, 0.25) is 0 Å². The van der Waals surface area contributed by atoms with Gasteiger partial charge in [0.1, 0.15) is 16.5 Å². The van der Waals surface area contributed by atoms with Crippen LogP contribution < -0.4 is 0 Å². The van der Waals surface area contributed by atoms with E-state index in [0.29, 0.717) is 0 Å². The lowest BCUT2D eigenvalue weighted by molar-refractivity contribution is 0.530.